The minimum atomic E-state index is -0.501. The zero-order valence-corrected chi connectivity index (χ0v) is 8.07. The fourth-order valence-electron chi connectivity index (χ4n) is 1.06. The second-order valence-corrected chi connectivity index (χ2v) is 2.68. The maximum atomic E-state index is 11.3. The fraction of sp³-hybridized carbons (Fsp3) is 0.300. The van der Waals surface area contributed by atoms with Crippen molar-refractivity contribution in [3.63, 3.8) is 0 Å². The molecule has 0 amide bonds. The summed E-state index contributed by atoms with van der Waals surface area (Å²) in [5.41, 5.74) is 1.29. The van der Waals surface area contributed by atoms with Crippen molar-refractivity contribution in [3.05, 3.63) is 29.1 Å². The van der Waals surface area contributed by atoms with Gasteiger partial charge in [0, 0.05) is 11.9 Å². The maximum Gasteiger partial charge on any atom is 0.339 e. The van der Waals surface area contributed by atoms with Crippen LogP contribution >= 0.6 is 0 Å². The fourth-order valence-corrected chi connectivity index (χ4v) is 1.06. The van der Waals surface area contributed by atoms with Crippen LogP contribution in [0.15, 0.2) is 12.3 Å². The zero-order valence-electron chi connectivity index (χ0n) is 8.07. The number of carbonyl (C=O) groups is 1. The van der Waals surface area contributed by atoms with E-state index in [1.54, 1.807) is 6.07 Å². The number of ether oxygens (including phenoxy) is 1. The molecule has 0 bridgehead atoms. The van der Waals surface area contributed by atoms with E-state index in [1.807, 2.05) is 13.0 Å². The van der Waals surface area contributed by atoms with Crippen LogP contribution in [0.2, 0.25) is 0 Å². The Kier molecular flexibility index (Phi) is 3.19. The van der Waals surface area contributed by atoms with Crippen molar-refractivity contribution in [1.29, 1.82) is 5.26 Å². The molecule has 0 N–H and O–H groups in total. The lowest BCUT2D eigenvalue weighted by molar-refractivity contribution is 0.0600. The van der Waals surface area contributed by atoms with Crippen LogP contribution in [0.4, 0.5) is 0 Å². The number of methoxy groups -OCH3 is 1. The summed E-state index contributed by atoms with van der Waals surface area (Å²) in [5, 5.41) is 8.73. The van der Waals surface area contributed by atoms with Gasteiger partial charge in [0.1, 0.15) is 6.07 Å². The number of nitriles is 1. The predicted molar refractivity (Wildman–Crippen MR) is 49.7 cm³/mol. The van der Waals surface area contributed by atoms with Gasteiger partial charge in [0.05, 0.1) is 18.2 Å². The number of aromatic nitrogens is 1. The predicted octanol–water partition coefficient (Wildman–Crippen LogP) is 1.30. The van der Waals surface area contributed by atoms with Crippen LogP contribution in [0.1, 0.15) is 28.5 Å². The topological polar surface area (TPSA) is 63.0 Å². The van der Waals surface area contributed by atoms with E-state index in [0.717, 1.165) is 12.1 Å². The maximum absolute atomic E-state index is 11.3. The Morgan fingerprint density at radius 2 is 2.43 bits per heavy atom. The van der Waals surface area contributed by atoms with Gasteiger partial charge in [-0.05, 0) is 12.5 Å². The smallest absolute Gasteiger partial charge is 0.339 e. The lowest BCUT2D eigenvalue weighted by atomic mass is 10.1. The molecule has 72 valence electrons. The van der Waals surface area contributed by atoms with Gasteiger partial charge in [-0.25, -0.2) is 4.79 Å². The first-order chi connectivity index (χ1) is 6.72. The van der Waals surface area contributed by atoms with Crippen LogP contribution in [-0.4, -0.2) is 18.1 Å². The molecular weight excluding hydrogens is 180 g/mol. The summed E-state index contributed by atoms with van der Waals surface area (Å²) in [7, 11) is 1.29. The molecule has 0 atom stereocenters. The summed E-state index contributed by atoms with van der Waals surface area (Å²) in [6.45, 7) is 1.93. The van der Waals surface area contributed by atoms with E-state index >= 15 is 0 Å². The third-order valence-electron chi connectivity index (χ3n) is 1.85. The molecule has 1 rings (SSSR count). The molecule has 0 saturated heterocycles. The molecule has 0 saturated carbocycles. The number of rotatable bonds is 2. The van der Waals surface area contributed by atoms with Gasteiger partial charge in [0.2, 0.25) is 0 Å². The lowest BCUT2D eigenvalue weighted by Crippen LogP contribution is -2.06. The van der Waals surface area contributed by atoms with Gasteiger partial charge in [0.25, 0.3) is 0 Å². The zero-order chi connectivity index (χ0) is 10.6. The molecule has 0 aliphatic rings. The van der Waals surface area contributed by atoms with E-state index in [2.05, 4.69) is 9.72 Å². The molecule has 1 aromatic heterocycles. The third kappa shape index (κ3) is 1.88. The molecule has 14 heavy (non-hydrogen) atoms. The van der Waals surface area contributed by atoms with Crippen LogP contribution < -0.4 is 0 Å². The molecule has 0 spiro atoms. The normalized spacial score (nSPS) is 9.21. The first kappa shape index (κ1) is 10.2. The molecule has 1 heterocycles. The Morgan fingerprint density at radius 1 is 1.71 bits per heavy atom. The van der Waals surface area contributed by atoms with E-state index in [-0.39, 0.29) is 11.1 Å². The highest BCUT2D eigenvalue weighted by molar-refractivity contribution is 5.92. The quantitative estimate of drug-likeness (QED) is 0.659. The van der Waals surface area contributed by atoms with E-state index in [1.165, 1.54) is 13.3 Å². The molecule has 0 fully saturated rings. The van der Waals surface area contributed by atoms with Crippen LogP contribution in [0.3, 0.4) is 0 Å². The van der Waals surface area contributed by atoms with Crippen molar-refractivity contribution in [2.24, 2.45) is 0 Å². The van der Waals surface area contributed by atoms with Gasteiger partial charge in [-0.15, -0.1) is 0 Å². The Hall–Kier alpha value is -1.89. The van der Waals surface area contributed by atoms with E-state index in [9.17, 15) is 4.79 Å². The molecule has 0 radical (unpaired) electrons. The van der Waals surface area contributed by atoms with Crippen molar-refractivity contribution in [3.8, 4) is 6.07 Å². The molecule has 0 unspecified atom stereocenters. The number of esters is 1. The highest BCUT2D eigenvalue weighted by atomic mass is 16.5. The Balaban J connectivity index is 3.23. The Morgan fingerprint density at radius 3 is 2.93 bits per heavy atom. The number of hydrogen-bond donors (Lipinski definition) is 0. The average molecular weight is 190 g/mol. The standard InChI is InChI=1S/C10H10N2O2/c1-3-8-4-9(10(13)14-2)7(5-11)6-12-8/h4,6H,3H2,1-2H3. The Bertz CT molecular complexity index is 394. The summed E-state index contributed by atoms with van der Waals surface area (Å²) >= 11 is 0. The van der Waals surface area contributed by atoms with E-state index in [4.69, 9.17) is 5.26 Å². The summed E-state index contributed by atoms with van der Waals surface area (Å²) in [6.07, 6.45) is 2.11. The monoisotopic (exact) mass is 190 g/mol. The summed E-state index contributed by atoms with van der Waals surface area (Å²) in [5.74, 6) is -0.501. The van der Waals surface area contributed by atoms with Crippen molar-refractivity contribution >= 4 is 5.97 Å². The first-order valence-electron chi connectivity index (χ1n) is 4.20. The summed E-state index contributed by atoms with van der Waals surface area (Å²) < 4.78 is 4.56. The van der Waals surface area contributed by atoms with Gasteiger partial charge in [-0.3, -0.25) is 4.98 Å². The van der Waals surface area contributed by atoms with Gasteiger partial charge >= 0.3 is 5.97 Å². The average Bonchev–Trinajstić information content (AvgIpc) is 2.27. The highest BCUT2D eigenvalue weighted by Gasteiger charge is 2.12. The SMILES string of the molecule is CCc1cc(C(=O)OC)c(C#N)cn1. The Labute approximate surface area is 82.1 Å². The summed E-state index contributed by atoms with van der Waals surface area (Å²) in [6, 6.07) is 3.49. The first-order valence-corrected chi connectivity index (χ1v) is 4.20. The molecular formula is C10H10N2O2. The second kappa shape index (κ2) is 4.38. The number of pyridine rings is 1. The molecule has 0 aliphatic heterocycles. The van der Waals surface area contributed by atoms with Gasteiger partial charge < -0.3 is 4.74 Å². The third-order valence-corrected chi connectivity index (χ3v) is 1.85. The van der Waals surface area contributed by atoms with Crippen LogP contribution in [-0.2, 0) is 11.2 Å². The van der Waals surface area contributed by atoms with E-state index < -0.39 is 5.97 Å². The second-order valence-electron chi connectivity index (χ2n) is 2.68. The van der Waals surface area contributed by atoms with E-state index in [0.29, 0.717) is 0 Å². The molecule has 0 aliphatic carbocycles. The summed E-state index contributed by atoms with van der Waals surface area (Å²) in [4.78, 5) is 15.3. The number of carbonyl (C=O) groups excluding carboxylic acids is 1. The largest absolute Gasteiger partial charge is 0.465 e. The van der Waals surface area contributed by atoms with Crippen molar-refractivity contribution < 1.29 is 9.53 Å². The van der Waals surface area contributed by atoms with Gasteiger partial charge in [-0.2, -0.15) is 5.26 Å². The van der Waals surface area contributed by atoms with Gasteiger partial charge in [0.15, 0.2) is 0 Å². The molecule has 0 aromatic carbocycles. The molecule has 4 nitrogen and oxygen atoms in total. The van der Waals surface area contributed by atoms with Crippen molar-refractivity contribution in [1.82, 2.24) is 4.98 Å². The number of aryl methyl sites for hydroxylation is 1. The molecule has 1 aromatic rings. The highest BCUT2D eigenvalue weighted by Crippen LogP contribution is 2.10. The molecule has 4 heteroatoms. The van der Waals surface area contributed by atoms with Crippen molar-refractivity contribution in [2.75, 3.05) is 7.11 Å². The minimum absolute atomic E-state index is 0.244. The van der Waals surface area contributed by atoms with Crippen molar-refractivity contribution in [2.45, 2.75) is 13.3 Å². The van der Waals surface area contributed by atoms with Crippen LogP contribution in [0.5, 0.6) is 0 Å². The lowest BCUT2D eigenvalue weighted by Gasteiger charge is -2.02. The van der Waals surface area contributed by atoms with Crippen LogP contribution in [0, 0.1) is 11.3 Å². The van der Waals surface area contributed by atoms with Gasteiger partial charge in [-0.1, -0.05) is 6.92 Å². The number of nitrogens with zero attached hydrogens (tertiary/aromatic N) is 2. The minimum Gasteiger partial charge on any atom is -0.465 e. The number of hydrogen-bond acceptors (Lipinski definition) is 4. The van der Waals surface area contributed by atoms with Crippen LogP contribution in [0.25, 0.3) is 0 Å².